The number of nitro benzene ring substituents is 1. The smallest absolute Gasteiger partial charge is 0.269 e. The van der Waals surface area contributed by atoms with E-state index in [4.69, 9.17) is 4.74 Å². The molecule has 2 aliphatic heterocycles. The fourth-order valence-corrected chi connectivity index (χ4v) is 5.06. The molecule has 2 saturated heterocycles. The number of nitrogens with zero attached hydrogens (tertiary/aromatic N) is 3. The van der Waals surface area contributed by atoms with Crippen molar-refractivity contribution in [3.8, 4) is 5.75 Å². The van der Waals surface area contributed by atoms with E-state index in [9.17, 15) is 23.3 Å². The third-order valence-electron chi connectivity index (χ3n) is 4.80. The highest BCUT2D eigenvalue weighted by Crippen LogP contribution is 2.20. The van der Waals surface area contributed by atoms with Crippen LogP contribution in [0, 0.1) is 10.1 Å². The van der Waals surface area contributed by atoms with Gasteiger partial charge in [0.05, 0.1) is 16.4 Å². The largest absolute Gasteiger partial charge is 0.484 e. The van der Waals surface area contributed by atoms with E-state index in [1.807, 2.05) is 0 Å². The van der Waals surface area contributed by atoms with E-state index in [0.717, 1.165) is 0 Å². The first-order valence-electron chi connectivity index (χ1n) is 8.43. The fraction of sp³-hybridized carbons (Fsp3) is 0.562. The number of nitro groups is 1. The van der Waals surface area contributed by atoms with Crippen molar-refractivity contribution in [2.24, 2.45) is 0 Å². The lowest BCUT2D eigenvalue weighted by molar-refractivity contribution is -0.384. The minimum atomic E-state index is -2.91. The molecular formula is C16H21N3O6S. The van der Waals surface area contributed by atoms with Gasteiger partial charge >= 0.3 is 0 Å². The number of piperazine rings is 1. The van der Waals surface area contributed by atoms with Crippen molar-refractivity contribution in [3.63, 3.8) is 0 Å². The molecule has 0 bridgehead atoms. The Balaban J connectivity index is 1.44. The third kappa shape index (κ3) is 4.50. The molecule has 1 aromatic rings. The zero-order valence-corrected chi connectivity index (χ0v) is 15.1. The van der Waals surface area contributed by atoms with E-state index in [1.54, 1.807) is 4.90 Å². The van der Waals surface area contributed by atoms with Crippen LogP contribution >= 0.6 is 0 Å². The van der Waals surface area contributed by atoms with E-state index in [0.29, 0.717) is 38.3 Å². The summed E-state index contributed by atoms with van der Waals surface area (Å²) in [6, 6.07) is 5.64. The zero-order valence-electron chi connectivity index (χ0n) is 14.2. The van der Waals surface area contributed by atoms with E-state index in [-0.39, 0.29) is 35.7 Å². The van der Waals surface area contributed by atoms with E-state index in [2.05, 4.69) is 4.90 Å². The summed E-state index contributed by atoms with van der Waals surface area (Å²) in [4.78, 5) is 26.2. The number of carbonyl (C=O) groups is 1. The normalized spacial score (nSPS) is 22.9. The Morgan fingerprint density at radius 2 is 1.85 bits per heavy atom. The first-order chi connectivity index (χ1) is 12.3. The van der Waals surface area contributed by atoms with Gasteiger partial charge in [0.25, 0.3) is 11.6 Å². The summed E-state index contributed by atoms with van der Waals surface area (Å²) in [5, 5.41) is 10.6. The molecule has 2 aliphatic rings. The van der Waals surface area contributed by atoms with Crippen LogP contribution in [0.3, 0.4) is 0 Å². The molecule has 1 atom stereocenters. The molecule has 142 valence electrons. The van der Waals surface area contributed by atoms with E-state index in [1.165, 1.54) is 24.3 Å². The molecule has 2 heterocycles. The molecule has 26 heavy (non-hydrogen) atoms. The number of ether oxygens (including phenoxy) is 1. The van der Waals surface area contributed by atoms with Gasteiger partial charge in [-0.25, -0.2) is 8.42 Å². The number of hydrogen-bond donors (Lipinski definition) is 0. The molecule has 1 aromatic carbocycles. The summed E-state index contributed by atoms with van der Waals surface area (Å²) < 4.78 is 28.6. The van der Waals surface area contributed by atoms with Crippen LogP contribution < -0.4 is 4.74 Å². The van der Waals surface area contributed by atoms with Crippen molar-refractivity contribution in [2.45, 2.75) is 12.5 Å². The summed E-state index contributed by atoms with van der Waals surface area (Å²) in [6.45, 7) is 2.26. The second kappa shape index (κ2) is 7.58. The lowest BCUT2D eigenvalue weighted by Gasteiger charge is -2.37. The monoisotopic (exact) mass is 383 g/mol. The first-order valence-corrected chi connectivity index (χ1v) is 10.3. The Bertz CT molecular complexity index is 772. The second-order valence-corrected chi connectivity index (χ2v) is 8.74. The van der Waals surface area contributed by atoms with Gasteiger partial charge in [0.15, 0.2) is 16.4 Å². The molecule has 10 heteroatoms. The predicted molar refractivity (Wildman–Crippen MR) is 93.8 cm³/mol. The molecule has 1 amide bonds. The van der Waals surface area contributed by atoms with E-state index < -0.39 is 14.8 Å². The van der Waals surface area contributed by atoms with Crippen LogP contribution in [0.4, 0.5) is 5.69 Å². The van der Waals surface area contributed by atoms with Gasteiger partial charge < -0.3 is 9.64 Å². The summed E-state index contributed by atoms with van der Waals surface area (Å²) in [6.07, 6.45) is 0.666. The van der Waals surface area contributed by atoms with Gasteiger partial charge in [-0.2, -0.15) is 0 Å². The van der Waals surface area contributed by atoms with Gasteiger partial charge in [-0.1, -0.05) is 0 Å². The Hall–Kier alpha value is -2.20. The molecule has 0 aromatic heterocycles. The second-order valence-electron chi connectivity index (χ2n) is 6.51. The number of amides is 1. The third-order valence-corrected chi connectivity index (χ3v) is 6.55. The molecule has 0 N–H and O–H groups in total. The van der Waals surface area contributed by atoms with Gasteiger partial charge in [-0.05, 0) is 18.6 Å². The Kier molecular flexibility index (Phi) is 5.42. The highest BCUT2D eigenvalue weighted by molar-refractivity contribution is 7.91. The average molecular weight is 383 g/mol. The maximum absolute atomic E-state index is 12.3. The molecule has 0 saturated carbocycles. The standard InChI is InChI=1S/C16H21N3O6S/c20-16(11-25-15-3-1-13(2-4-15)19(21)22)18-8-6-17(7-9-18)14-5-10-26(23,24)12-14/h1-4,14H,5-12H2/t14-/m1/s1. The van der Waals surface area contributed by atoms with Crippen LogP contribution in [0.5, 0.6) is 5.75 Å². The van der Waals surface area contributed by atoms with Crippen LogP contribution in [0.25, 0.3) is 0 Å². The molecule has 0 radical (unpaired) electrons. The minimum Gasteiger partial charge on any atom is -0.484 e. The van der Waals surface area contributed by atoms with Gasteiger partial charge in [-0.15, -0.1) is 0 Å². The zero-order chi connectivity index (χ0) is 18.7. The molecule has 9 nitrogen and oxygen atoms in total. The van der Waals surface area contributed by atoms with Crippen molar-refractivity contribution < 1.29 is 22.9 Å². The van der Waals surface area contributed by atoms with Crippen LogP contribution in [0.2, 0.25) is 0 Å². The maximum atomic E-state index is 12.3. The first kappa shape index (κ1) is 18.6. The molecule has 3 rings (SSSR count). The van der Waals surface area contributed by atoms with Crippen LogP contribution in [-0.4, -0.2) is 79.4 Å². The number of carbonyl (C=O) groups excluding carboxylic acids is 1. The van der Waals surface area contributed by atoms with Crippen molar-refractivity contribution in [3.05, 3.63) is 34.4 Å². The summed E-state index contributed by atoms with van der Waals surface area (Å²) in [5.41, 5.74) is -0.0336. The van der Waals surface area contributed by atoms with Crippen molar-refractivity contribution in [1.82, 2.24) is 9.80 Å². The minimum absolute atomic E-state index is 0.0336. The molecular weight excluding hydrogens is 362 g/mol. The lowest BCUT2D eigenvalue weighted by atomic mass is 10.2. The molecule has 2 fully saturated rings. The Labute approximate surface area is 151 Å². The topological polar surface area (TPSA) is 110 Å². The highest BCUT2D eigenvalue weighted by Gasteiger charge is 2.34. The molecule has 0 unspecified atom stereocenters. The highest BCUT2D eigenvalue weighted by atomic mass is 32.2. The summed E-state index contributed by atoms with van der Waals surface area (Å²) in [5.74, 6) is 0.713. The number of benzene rings is 1. The Morgan fingerprint density at radius 1 is 1.19 bits per heavy atom. The quantitative estimate of drug-likeness (QED) is 0.531. The van der Waals surface area contributed by atoms with Crippen molar-refractivity contribution >= 4 is 21.4 Å². The number of non-ortho nitro benzene ring substituents is 1. The van der Waals surface area contributed by atoms with Crippen LogP contribution in [-0.2, 0) is 14.6 Å². The summed E-state index contributed by atoms with van der Waals surface area (Å²) >= 11 is 0. The van der Waals surface area contributed by atoms with Crippen LogP contribution in [0.15, 0.2) is 24.3 Å². The number of rotatable bonds is 5. The van der Waals surface area contributed by atoms with Gasteiger partial charge in [0, 0.05) is 44.4 Å². The molecule has 0 aliphatic carbocycles. The molecule has 0 spiro atoms. The Morgan fingerprint density at radius 3 is 2.38 bits per heavy atom. The number of sulfone groups is 1. The lowest BCUT2D eigenvalue weighted by Crippen LogP contribution is -2.53. The number of hydrogen-bond acceptors (Lipinski definition) is 7. The maximum Gasteiger partial charge on any atom is 0.269 e. The van der Waals surface area contributed by atoms with Crippen molar-refractivity contribution in [1.29, 1.82) is 0 Å². The fourth-order valence-electron chi connectivity index (χ4n) is 3.30. The van der Waals surface area contributed by atoms with Gasteiger partial charge in [-0.3, -0.25) is 19.8 Å². The SMILES string of the molecule is O=C(COc1ccc([N+](=O)[O-])cc1)N1CCN([C@@H]2CCS(=O)(=O)C2)CC1. The van der Waals surface area contributed by atoms with Crippen molar-refractivity contribution in [2.75, 3.05) is 44.3 Å². The van der Waals surface area contributed by atoms with Gasteiger partial charge in [0.1, 0.15) is 5.75 Å². The summed E-state index contributed by atoms with van der Waals surface area (Å²) in [7, 11) is -2.91. The van der Waals surface area contributed by atoms with Crippen LogP contribution in [0.1, 0.15) is 6.42 Å². The predicted octanol–water partition coefficient (Wildman–Crippen LogP) is 0.305. The average Bonchev–Trinajstić information content (AvgIpc) is 3.00. The van der Waals surface area contributed by atoms with E-state index >= 15 is 0 Å². The van der Waals surface area contributed by atoms with Gasteiger partial charge in [0.2, 0.25) is 0 Å².